The second kappa shape index (κ2) is 7.99. The summed E-state index contributed by atoms with van der Waals surface area (Å²) in [5.41, 5.74) is 1.54. The first kappa shape index (κ1) is 17.3. The normalized spacial score (nSPS) is 10.0. The molecule has 2 aromatic carbocycles. The number of anilines is 2. The summed E-state index contributed by atoms with van der Waals surface area (Å²) >= 11 is 9.34. The van der Waals surface area contributed by atoms with Crippen LogP contribution in [0.3, 0.4) is 0 Å². The molecule has 0 aliphatic heterocycles. The maximum absolute atomic E-state index is 12.2. The van der Waals surface area contributed by atoms with Crippen LogP contribution >= 0.6 is 27.5 Å². The Kier molecular flexibility index (Phi) is 6.01. The molecule has 5 nitrogen and oxygen atoms in total. The van der Waals surface area contributed by atoms with E-state index in [1.165, 1.54) is 0 Å². The van der Waals surface area contributed by atoms with Crippen LogP contribution in [0.4, 0.5) is 16.2 Å². The Morgan fingerprint density at radius 1 is 1.09 bits per heavy atom. The number of amides is 2. The quantitative estimate of drug-likeness (QED) is 0.769. The number of benzene rings is 2. The van der Waals surface area contributed by atoms with Gasteiger partial charge in [0.1, 0.15) is 0 Å². The van der Waals surface area contributed by atoms with Crippen LogP contribution < -0.4 is 10.6 Å². The molecule has 120 valence electrons. The minimum Gasteiger partial charge on any atom is -0.450 e. The topological polar surface area (TPSA) is 67.4 Å². The van der Waals surface area contributed by atoms with Crippen molar-refractivity contribution in [2.45, 2.75) is 6.92 Å². The first-order valence-electron chi connectivity index (χ1n) is 6.80. The molecule has 7 heteroatoms. The van der Waals surface area contributed by atoms with Crippen molar-refractivity contribution in [1.82, 2.24) is 0 Å². The minimum atomic E-state index is -0.522. The summed E-state index contributed by atoms with van der Waals surface area (Å²) in [4.78, 5) is 23.5. The average Bonchev–Trinajstić information content (AvgIpc) is 2.49. The molecule has 0 unspecified atom stereocenters. The van der Waals surface area contributed by atoms with Crippen LogP contribution in [0.15, 0.2) is 46.9 Å². The van der Waals surface area contributed by atoms with E-state index < -0.39 is 6.09 Å². The number of halogens is 2. The van der Waals surface area contributed by atoms with Gasteiger partial charge in [0.15, 0.2) is 0 Å². The van der Waals surface area contributed by atoms with E-state index >= 15 is 0 Å². The van der Waals surface area contributed by atoms with Crippen molar-refractivity contribution in [3.05, 3.63) is 57.5 Å². The molecule has 0 aliphatic carbocycles. The third kappa shape index (κ3) is 4.97. The number of ether oxygens (including phenoxy) is 1. The van der Waals surface area contributed by atoms with Crippen LogP contribution in [0.2, 0.25) is 5.02 Å². The van der Waals surface area contributed by atoms with Gasteiger partial charge in [0, 0.05) is 15.8 Å². The molecular weight excluding hydrogens is 384 g/mol. The van der Waals surface area contributed by atoms with Crippen molar-refractivity contribution < 1.29 is 14.3 Å². The summed E-state index contributed by atoms with van der Waals surface area (Å²) in [6, 6.07) is 11.7. The van der Waals surface area contributed by atoms with Crippen LogP contribution in [0, 0.1) is 0 Å². The first-order valence-corrected chi connectivity index (χ1v) is 7.97. The van der Waals surface area contributed by atoms with Gasteiger partial charge in [-0.3, -0.25) is 10.1 Å². The number of nitrogens with one attached hydrogen (secondary N) is 2. The Hall–Kier alpha value is -2.05. The summed E-state index contributed by atoms with van der Waals surface area (Å²) in [6.07, 6.45) is -0.522. The lowest BCUT2D eigenvalue weighted by Crippen LogP contribution is -2.14. The predicted octanol–water partition coefficient (Wildman–Crippen LogP) is 4.92. The SMILES string of the molecule is CCOC(=O)Nc1ccc(NC(=O)c2ccc(Br)cc2Cl)cc1. The third-order valence-corrected chi connectivity index (χ3v) is 3.65. The molecule has 2 N–H and O–H groups in total. The average molecular weight is 398 g/mol. The van der Waals surface area contributed by atoms with E-state index in [1.54, 1.807) is 49.4 Å². The molecule has 0 saturated heterocycles. The number of rotatable bonds is 4. The number of hydrogen-bond acceptors (Lipinski definition) is 3. The van der Waals surface area contributed by atoms with E-state index in [-0.39, 0.29) is 5.91 Å². The lowest BCUT2D eigenvalue weighted by Gasteiger charge is -2.09. The van der Waals surface area contributed by atoms with Crippen LogP contribution in [-0.2, 0) is 4.74 Å². The van der Waals surface area contributed by atoms with E-state index in [4.69, 9.17) is 16.3 Å². The summed E-state index contributed by atoms with van der Waals surface area (Å²) in [5.74, 6) is -0.311. The summed E-state index contributed by atoms with van der Waals surface area (Å²) in [5, 5.41) is 5.67. The second-order valence-electron chi connectivity index (χ2n) is 4.50. The molecule has 23 heavy (non-hydrogen) atoms. The predicted molar refractivity (Wildman–Crippen MR) is 94.2 cm³/mol. The van der Waals surface area contributed by atoms with Crippen LogP contribution in [0.1, 0.15) is 17.3 Å². The standard InChI is InChI=1S/C16H14BrClN2O3/c1-2-23-16(22)20-12-6-4-11(5-7-12)19-15(21)13-8-3-10(17)9-14(13)18/h3-9H,2H2,1H3,(H,19,21)(H,20,22). The Bertz CT molecular complexity index is 720. The van der Waals surface area contributed by atoms with E-state index in [1.807, 2.05) is 0 Å². The van der Waals surface area contributed by atoms with E-state index in [9.17, 15) is 9.59 Å². The smallest absolute Gasteiger partial charge is 0.411 e. The van der Waals surface area contributed by atoms with Crippen molar-refractivity contribution in [2.24, 2.45) is 0 Å². The number of hydrogen-bond donors (Lipinski definition) is 2. The van der Waals surface area contributed by atoms with Crippen LogP contribution in [0.25, 0.3) is 0 Å². The summed E-state index contributed by atoms with van der Waals surface area (Å²) in [6.45, 7) is 2.03. The zero-order valence-corrected chi connectivity index (χ0v) is 14.6. The lowest BCUT2D eigenvalue weighted by molar-refractivity contribution is 0.102. The van der Waals surface area contributed by atoms with Crippen molar-refractivity contribution in [3.8, 4) is 0 Å². The van der Waals surface area contributed by atoms with Crippen LogP contribution in [-0.4, -0.2) is 18.6 Å². The van der Waals surface area contributed by atoms with Gasteiger partial charge in [0.05, 0.1) is 17.2 Å². The summed E-state index contributed by atoms with van der Waals surface area (Å²) in [7, 11) is 0. The molecule has 0 aliphatic rings. The molecule has 0 radical (unpaired) electrons. The van der Waals surface area contributed by atoms with Gasteiger partial charge in [-0.25, -0.2) is 4.79 Å². The largest absolute Gasteiger partial charge is 0.450 e. The van der Waals surface area contributed by atoms with Crippen molar-refractivity contribution in [2.75, 3.05) is 17.2 Å². The second-order valence-corrected chi connectivity index (χ2v) is 5.82. The minimum absolute atomic E-state index is 0.300. The Balaban J connectivity index is 2.03. The van der Waals surface area contributed by atoms with Crippen molar-refractivity contribution in [1.29, 1.82) is 0 Å². The zero-order valence-electron chi connectivity index (χ0n) is 12.2. The van der Waals surface area contributed by atoms with Gasteiger partial charge >= 0.3 is 6.09 Å². The molecule has 0 heterocycles. The van der Waals surface area contributed by atoms with E-state index in [0.29, 0.717) is 28.6 Å². The highest BCUT2D eigenvalue weighted by Crippen LogP contribution is 2.22. The molecular formula is C16H14BrClN2O3. The Morgan fingerprint density at radius 3 is 2.26 bits per heavy atom. The van der Waals surface area contributed by atoms with Gasteiger partial charge in [0.25, 0.3) is 5.91 Å². The Morgan fingerprint density at radius 2 is 1.70 bits per heavy atom. The number of carbonyl (C=O) groups excluding carboxylic acids is 2. The maximum atomic E-state index is 12.2. The molecule has 0 spiro atoms. The van der Waals surface area contributed by atoms with Gasteiger partial charge < -0.3 is 10.1 Å². The molecule has 0 atom stereocenters. The molecule has 2 amide bonds. The highest BCUT2D eigenvalue weighted by atomic mass is 79.9. The monoisotopic (exact) mass is 396 g/mol. The number of carbonyl (C=O) groups is 2. The van der Waals surface area contributed by atoms with Gasteiger partial charge in [-0.05, 0) is 49.4 Å². The van der Waals surface area contributed by atoms with E-state index in [0.717, 1.165) is 4.47 Å². The molecule has 0 fully saturated rings. The lowest BCUT2D eigenvalue weighted by atomic mass is 10.2. The van der Waals surface area contributed by atoms with Gasteiger partial charge in [-0.2, -0.15) is 0 Å². The maximum Gasteiger partial charge on any atom is 0.411 e. The molecule has 2 rings (SSSR count). The fourth-order valence-electron chi connectivity index (χ4n) is 1.79. The van der Waals surface area contributed by atoms with Crippen LogP contribution in [0.5, 0.6) is 0 Å². The zero-order chi connectivity index (χ0) is 16.8. The first-order chi connectivity index (χ1) is 11.0. The Labute approximate surface area is 147 Å². The van der Waals surface area contributed by atoms with Gasteiger partial charge in [0.2, 0.25) is 0 Å². The van der Waals surface area contributed by atoms with E-state index in [2.05, 4.69) is 26.6 Å². The molecule has 0 saturated carbocycles. The molecule has 2 aromatic rings. The fraction of sp³-hybridized carbons (Fsp3) is 0.125. The highest BCUT2D eigenvalue weighted by molar-refractivity contribution is 9.10. The molecule has 0 bridgehead atoms. The summed E-state index contributed by atoms with van der Waals surface area (Å²) < 4.78 is 5.58. The third-order valence-electron chi connectivity index (χ3n) is 2.84. The van der Waals surface area contributed by atoms with Gasteiger partial charge in [-0.1, -0.05) is 27.5 Å². The van der Waals surface area contributed by atoms with Crippen molar-refractivity contribution in [3.63, 3.8) is 0 Å². The van der Waals surface area contributed by atoms with Gasteiger partial charge in [-0.15, -0.1) is 0 Å². The fourth-order valence-corrected chi connectivity index (χ4v) is 2.55. The highest BCUT2D eigenvalue weighted by Gasteiger charge is 2.11. The van der Waals surface area contributed by atoms with Crippen molar-refractivity contribution >= 4 is 50.9 Å². The molecule has 0 aromatic heterocycles.